The molecule has 2 rings (SSSR count). The number of thiophene rings is 1. The Labute approximate surface area is 125 Å². The number of nitrogens with zero attached hydrogens (tertiary/aromatic N) is 2. The molecule has 0 bridgehead atoms. The highest BCUT2D eigenvalue weighted by atomic mass is 32.1. The summed E-state index contributed by atoms with van der Waals surface area (Å²) in [6.07, 6.45) is 1.85. The van der Waals surface area contributed by atoms with Gasteiger partial charge in [-0.15, -0.1) is 0 Å². The number of hydrogen-bond donors (Lipinski definition) is 1. The molecule has 1 saturated heterocycles. The van der Waals surface area contributed by atoms with Crippen molar-refractivity contribution in [2.24, 2.45) is 0 Å². The molecule has 0 aliphatic carbocycles. The molecule has 2 unspecified atom stereocenters. The minimum Gasteiger partial charge on any atom is -0.321 e. The molecule has 1 aromatic heterocycles. The lowest BCUT2D eigenvalue weighted by Gasteiger charge is -2.24. The monoisotopic (exact) mass is 295 g/mol. The molecule has 0 aromatic carbocycles. The Morgan fingerprint density at radius 3 is 2.80 bits per heavy atom. The zero-order valence-electron chi connectivity index (χ0n) is 12.8. The third-order valence-electron chi connectivity index (χ3n) is 4.07. The Bertz CT molecular complexity index is 446. The van der Waals surface area contributed by atoms with E-state index in [1.807, 2.05) is 11.8 Å². The van der Waals surface area contributed by atoms with Crippen molar-refractivity contribution < 1.29 is 4.79 Å². The summed E-state index contributed by atoms with van der Waals surface area (Å²) in [5, 5.41) is 7.73. The lowest BCUT2D eigenvalue weighted by molar-refractivity contribution is -0.133. The molecule has 0 saturated carbocycles. The quantitative estimate of drug-likeness (QED) is 0.875. The molecule has 2 heterocycles. The van der Waals surface area contributed by atoms with Crippen molar-refractivity contribution in [1.82, 2.24) is 15.1 Å². The van der Waals surface area contributed by atoms with E-state index in [-0.39, 0.29) is 12.1 Å². The first-order chi connectivity index (χ1) is 9.48. The van der Waals surface area contributed by atoms with Crippen molar-refractivity contribution in [3.05, 3.63) is 22.4 Å². The molecule has 2 atom stereocenters. The molecule has 5 heteroatoms. The summed E-state index contributed by atoms with van der Waals surface area (Å²) in [6.45, 7) is 5.89. The molecular formula is C15H25N3OS. The van der Waals surface area contributed by atoms with Crippen LogP contribution in [0.4, 0.5) is 0 Å². The molecule has 1 amide bonds. The van der Waals surface area contributed by atoms with Gasteiger partial charge in [0, 0.05) is 6.54 Å². The standard InChI is InChI=1S/C15H25N3OS/c1-5-15(2)14(19)18(9-6-8-17(3)4)13(16-15)12-7-10-20-11-12/h7,10-11,13,16H,5-6,8-9H2,1-4H3. The lowest BCUT2D eigenvalue weighted by Crippen LogP contribution is -2.43. The smallest absolute Gasteiger partial charge is 0.244 e. The molecule has 0 radical (unpaired) electrons. The Kier molecular flexibility index (Phi) is 4.83. The van der Waals surface area contributed by atoms with Gasteiger partial charge in [0.25, 0.3) is 0 Å². The third-order valence-corrected chi connectivity index (χ3v) is 4.77. The third kappa shape index (κ3) is 3.05. The van der Waals surface area contributed by atoms with Gasteiger partial charge in [0.05, 0.1) is 5.54 Å². The zero-order valence-corrected chi connectivity index (χ0v) is 13.7. The van der Waals surface area contributed by atoms with E-state index in [1.54, 1.807) is 11.3 Å². The molecule has 1 fully saturated rings. The van der Waals surface area contributed by atoms with Gasteiger partial charge >= 0.3 is 0 Å². The summed E-state index contributed by atoms with van der Waals surface area (Å²) in [5.41, 5.74) is 0.774. The summed E-state index contributed by atoms with van der Waals surface area (Å²) in [4.78, 5) is 16.9. The fourth-order valence-corrected chi connectivity index (χ4v) is 3.29. The van der Waals surface area contributed by atoms with E-state index in [2.05, 4.69) is 48.1 Å². The van der Waals surface area contributed by atoms with Gasteiger partial charge < -0.3 is 9.80 Å². The molecule has 20 heavy (non-hydrogen) atoms. The van der Waals surface area contributed by atoms with Crippen LogP contribution < -0.4 is 5.32 Å². The molecule has 1 N–H and O–H groups in total. The van der Waals surface area contributed by atoms with Crippen LogP contribution in [0.25, 0.3) is 0 Å². The molecule has 4 nitrogen and oxygen atoms in total. The molecule has 1 aliphatic rings. The van der Waals surface area contributed by atoms with Crippen LogP contribution in [0.1, 0.15) is 38.4 Å². The van der Waals surface area contributed by atoms with Crippen LogP contribution in [0.5, 0.6) is 0 Å². The van der Waals surface area contributed by atoms with Gasteiger partial charge in [0.2, 0.25) is 5.91 Å². The second-order valence-electron chi connectivity index (χ2n) is 5.94. The second-order valence-corrected chi connectivity index (χ2v) is 6.72. The Morgan fingerprint density at radius 1 is 1.50 bits per heavy atom. The van der Waals surface area contributed by atoms with Crippen molar-refractivity contribution >= 4 is 17.2 Å². The Morgan fingerprint density at radius 2 is 2.25 bits per heavy atom. The molecule has 112 valence electrons. The fraction of sp³-hybridized carbons (Fsp3) is 0.667. The van der Waals surface area contributed by atoms with E-state index in [0.29, 0.717) is 0 Å². The highest BCUT2D eigenvalue weighted by molar-refractivity contribution is 7.07. The van der Waals surface area contributed by atoms with Gasteiger partial charge in [-0.05, 0) is 62.8 Å². The van der Waals surface area contributed by atoms with Crippen LogP contribution in [0.2, 0.25) is 0 Å². The summed E-state index contributed by atoms with van der Waals surface area (Å²) in [7, 11) is 4.13. The first kappa shape index (κ1) is 15.5. The second kappa shape index (κ2) is 6.24. The van der Waals surface area contributed by atoms with Crippen LogP contribution in [-0.4, -0.2) is 48.4 Å². The molecule has 1 aromatic rings. The van der Waals surface area contributed by atoms with Crippen LogP contribution >= 0.6 is 11.3 Å². The maximum atomic E-state index is 12.7. The van der Waals surface area contributed by atoms with Gasteiger partial charge in [-0.1, -0.05) is 6.92 Å². The van der Waals surface area contributed by atoms with Crippen LogP contribution in [0.3, 0.4) is 0 Å². The van der Waals surface area contributed by atoms with E-state index in [4.69, 9.17) is 0 Å². The average molecular weight is 295 g/mol. The average Bonchev–Trinajstić information content (AvgIpc) is 3.00. The Balaban J connectivity index is 2.13. The first-order valence-corrected chi connectivity index (χ1v) is 8.18. The number of nitrogens with one attached hydrogen (secondary N) is 1. The van der Waals surface area contributed by atoms with Gasteiger partial charge in [0.15, 0.2) is 0 Å². The summed E-state index contributed by atoms with van der Waals surface area (Å²) in [6, 6.07) is 2.11. The SMILES string of the molecule is CCC1(C)NC(c2ccsc2)N(CCCN(C)C)C1=O. The normalized spacial score (nSPS) is 26.8. The predicted octanol–water partition coefficient (Wildman–Crippen LogP) is 2.30. The largest absolute Gasteiger partial charge is 0.321 e. The zero-order chi connectivity index (χ0) is 14.8. The van der Waals surface area contributed by atoms with Crippen molar-refractivity contribution in [2.45, 2.75) is 38.4 Å². The maximum Gasteiger partial charge on any atom is 0.244 e. The van der Waals surface area contributed by atoms with Crippen molar-refractivity contribution in [3.8, 4) is 0 Å². The van der Waals surface area contributed by atoms with E-state index < -0.39 is 5.54 Å². The number of rotatable bonds is 6. The first-order valence-electron chi connectivity index (χ1n) is 7.23. The highest BCUT2D eigenvalue weighted by Gasteiger charge is 2.46. The van der Waals surface area contributed by atoms with Gasteiger partial charge in [-0.3, -0.25) is 10.1 Å². The molecular weight excluding hydrogens is 270 g/mol. The summed E-state index contributed by atoms with van der Waals surface area (Å²) in [5.74, 6) is 0.231. The summed E-state index contributed by atoms with van der Waals surface area (Å²) >= 11 is 1.68. The number of carbonyl (C=O) groups is 1. The summed E-state index contributed by atoms with van der Waals surface area (Å²) < 4.78 is 0. The maximum absolute atomic E-state index is 12.7. The van der Waals surface area contributed by atoms with Crippen molar-refractivity contribution in [1.29, 1.82) is 0 Å². The lowest BCUT2D eigenvalue weighted by atomic mass is 9.99. The van der Waals surface area contributed by atoms with Crippen molar-refractivity contribution in [2.75, 3.05) is 27.2 Å². The van der Waals surface area contributed by atoms with Gasteiger partial charge in [-0.25, -0.2) is 0 Å². The van der Waals surface area contributed by atoms with E-state index in [9.17, 15) is 4.79 Å². The molecule has 0 spiro atoms. The fourth-order valence-electron chi connectivity index (χ4n) is 2.61. The number of hydrogen-bond acceptors (Lipinski definition) is 4. The number of amides is 1. The minimum atomic E-state index is -0.426. The van der Waals surface area contributed by atoms with Gasteiger partial charge in [-0.2, -0.15) is 11.3 Å². The molecule has 1 aliphatic heterocycles. The van der Waals surface area contributed by atoms with Crippen molar-refractivity contribution in [3.63, 3.8) is 0 Å². The van der Waals surface area contributed by atoms with E-state index in [1.165, 1.54) is 5.56 Å². The van der Waals surface area contributed by atoms with Crippen LogP contribution in [0.15, 0.2) is 16.8 Å². The minimum absolute atomic E-state index is 0.0286. The van der Waals surface area contributed by atoms with Gasteiger partial charge in [0.1, 0.15) is 6.17 Å². The Hall–Kier alpha value is -0.910. The van der Waals surface area contributed by atoms with E-state index >= 15 is 0 Å². The highest BCUT2D eigenvalue weighted by Crippen LogP contribution is 2.33. The van der Waals surface area contributed by atoms with Crippen LogP contribution in [-0.2, 0) is 4.79 Å². The number of carbonyl (C=O) groups excluding carboxylic acids is 1. The van der Waals surface area contributed by atoms with Crippen LogP contribution in [0, 0.1) is 0 Å². The predicted molar refractivity (Wildman–Crippen MR) is 83.8 cm³/mol. The topological polar surface area (TPSA) is 35.6 Å². The van der Waals surface area contributed by atoms with E-state index in [0.717, 1.165) is 25.9 Å².